The normalized spacial score (nSPS) is 20.6. The number of nitrogens with one attached hydrogen (secondary N) is 1. The van der Waals surface area contributed by atoms with Crippen LogP contribution in [0.3, 0.4) is 0 Å². The van der Waals surface area contributed by atoms with Gasteiger partial charge in [0.25, 0.3) is 0 Å². The molecule has 1 atom stereocenters. The van der Waals surface area contributed by atoms with Gasteiger partial charge in [-0.1, -0.05) is 6.92 Å². The van der Waals surface area contributed by atoms with Crippen LogP contribution in [0.4, 0.5) is 5.82 Å². The molecule has 0 aromatic carbocycles. The van der Waals surface area contributed by atoms with E-state index in [1.54, 1.807) is 0 Å². The van der Waals surface area contributed by atoms with Crippen molar-refractivity contribution in [2.75, 3.05) is 24.5 Å². The first kappa shape index (κ1) is 12.3. The van der Waals surface area contributed by atoms with Crippen molar-refractivity contribution in [2.24, 2.45) is 0 Å². The van der Waals surface area contributed by atoms with Crippen molar-refractivity contribution < 1.29 is 0 Å². The molecule has 4 heteroatoms. The van der Waals surface area contributed by atoms with Crippen LogP contribution in [0.2, 0.25) is 0 Å². The first-order chi connectivity index (χ1) is 8.19. The Bertz CT molecular complexity index is 355. The van der Waals surface area contributed by atoms with Gasteiger partial charge >= 0.3 is 0 Å². The fourth-order valence-corrected chi connectivity index (χ4v) is 2.50. The summed E-state index contributed by atoms with van der Waals surface area (Å²) in [5.74, 6) is 1.95. The summed E-state index contributed by atoms with van der Waals surface area (Å²) >= 11 is 0. The zero-order chi connectivity index (χ0) is 12.3. The lowest BCUT2D eigenvalue weighted by Gasteiger charge is -2.34. The van der Waals surface area contributed by atoms with E-state index in [2.05, 4.69) is 33.2 Å². The molecule has 1 unspecified atom stereocenters. The van der Waals surface area contributed by atoms with Gasteiger partial charge in [-0.15, -0.1) is 0 Å². The number of aromatic nitrogens is 2. The van der Waals surface area contributed by atoms with E-state index < -0.39 is 0 Å². The summed E-state index contributed by atoms with van der Waals surface area (Å²) in [6.07, 6.45) is 2.51. The lowest BCUT2D eigenvalue weighted by molar-refractivity contribution is 0.429. The number of hydrogen-bond acceptors (Lipinski definition) is 4. The first-order valence-corrected chi connectivity index (χ1v) is 6.49. The molecule has 0 aliphatic carbocycles. The Hall–Kier alpha value is -1.16. The van der Waals surface area contributed by atoms with Crippen LogP contribution in [-0.2, 0) is 0 Å². The van der Waals surface area contributed by atoms with Gasteiger partial charge < -0.3 is 10.2 Å². The maximum atomic E-state index is 4.54. The van der Waals surface area contributed by atoms with Crippen LogP contribution in [0, 0.1) is 13.8 Å². The number of piperidine rings is 1. The second-order valence-corrected chi connectivity index (χ2v) is 4.76. The molecule has 4 nitrogen and oxygen atoms in total. The molecule has 0 bridgehead atoms. The standard InChI is InChI=1S/C13H22N4/c1-4-14-12-6-5-7-17(9-12)13-8-10(2)15-11(3)16-13/h8,12,14H,4-7,9H2,1-3H3. The third-order valence-corrected chi connectivity index (χ3v) is 3.19. The van der Waals surface area contributed by atoms with Gasteiger partial charge in [0.2, 0.25) is 0 Å². The first-order valence-electron chi connectivity index (χ1n) is 6.49. The summed E-state index contributed by atoms with van der Waals surface area (Å²) in [7, 11) is 0. The van der Waals surface area contributed by atoms with E-state index >= 15 is 0 Å². The van der Waals surface area contributed by atoms with Gasteiger partial charge in [0.1, 0.15) is 11.6 Å². The molecular formula is C13H22N4. The summed E-state index contributed by atoms with van der Waals surface area (Å²) < 4.78 is 0. The minimum Gasteiger partial charge on any atom is -0.355 e. The van der Waals surface area contributed by atoms with Crippen molar-refractivity contribution in [3.8, 4) is 0 Å². The molecule has 0 radical (unpaired) electrons. The Morgan fingerprint density at radius 1 is 1.41 bits per heavy atom. The van der Waals surface area contributed by atoms with Crippen molar-refractivity contribution in [1.29, 1.82) is 0 Å². The molecule has 0 spiro atoms. The Morgan fingerprint density at radius 2 is 2.24 bits per heavy atom. The SMILES string of the molecule is CCNC1CCCN(c2cc(C)nc(C)n2)C1. The molecule has 1 fully saturated rings. The smallest absolute Gasteiger partial charge is 0.132 e. The molecular weight excluding hydrogens is 212 g/mol. The summed E-state index contributed by atoms with van der Waals surface area (Å²) in [5.41, 5.74) is 1.05. The van der Waals surface area contributed by atoms with Crippen LogP contribution in [-0.4, -0.2) is 35.6 Å². The van der Waals surface area contributed by atoms with Gasteiger partial charge in [-0.3, -0.25) is 0 Å². The third-order valence-electron chi connectivity index (χ3n) is 3.19. The highest BCUT2D eigenvalue weighted by atomic mass is 15.2. The fraction of sp³-hybridized carbons (Fsp3) is 0.692. The zero-order valence-electron chi connectivity index (χ0n) is 11.0. The van der Waals surface area contributed by atoms with Crippen molar-refractivity contribution in [3.63, 3.8) is 0 Å². The number of rotatable bonds is 3. The predicted molar refractivity (Wildman–Crippen MR) is 70.4 cm³/mol. The molecule has 17 heavy (non-hydrogen) atoms. The van der Waals surface area contributed by atoms with Gasteiger partial charge in [-0.25, -0.2) is 9.97 Å². The van der Waals surface area contributed by atoms with Crippen molar-refractivity contribution >= 4 is 5.82 Å². The lowest BCUT2D eigenvalue weighted by Crippen LogP contribution is -2.46. The zero-order valence-corrected chi connectivity index (χ0v) is 11.0. The summed E-state index contributed by atoms with van der Waals surface area (Å²) in [4.78, 5) is 11.2. The molecule has 1 aliphatic rings. The minimum atomic E-state index is 0.601. The second-order valence-electron chi connectivity index (χ2n) is 4.76. The predicted octanol–water partition coefficient (Wildman–Crippen LogP) is 1.67. The van der Waals surface area contributed by atoms with Crippen molar-refractivity contribution in [2.45, 2.75) is 39.7 Å². The van der Waals surface area contributed by atoms with Crippen LogP contribution < -0.4 is 10.2 Å². The molecule has 1 saturated heterocycles. The van der Waals surface area contributed by atoms with E-state index in [9.17, 15) is 0 Å². The molecule has 1 aliphatic heterocycles. The van der Waals surface area contributed by atoms with Gasteiger partial charge in [-0.2, -0.15) is 0 Å². The van der Waals surface area contributed by atoms with Gasteiger partial charge in [0, 0.05) is 30.9 Å². The number of likely N-dealkylation sites (N-methyl/N-ethyl adjacent to an activating group) is 1. The molecule has 1 aromatic heterocycles. The topological polar surface area (TPSA) is 41.0 Å². The van der Waals surface area contributed by atoms with E-state index in [0.717, 1.165) is 37.0 Å². The van der Waals surface area contributed by atoms with Crippen LogP contribution in [0.25, 0.3) is 0 Å². The van der Waals surface area contributed by atoms with E-state index in [0.29, 0.717) is 6.04 Å². The fourth-order valence-electron chi connectivity index (χ4n) is 2.50. The third kappa shape index (κ3) is 3.16. The highest BCUT2D eigenvalue weighted by molar-refractivity contribution is 5.40. The average Bonchev–Trinajstić information content (AvgIpc) is 2.28. The lowest BCUT2D eigenvalue weighted by atomic mass is 10.1. The average molecular weight is 234 g/mol. The molecule has 1 N–H and O–H groups in total. The van der Waals surface area contributed by atoms with Crippen LogP contribution >= 0.6 is 0 Å². The van der Waals surface area contributed by atoms with E-state index in [4.69, 9.17) is 0 Å². The highest BCUT2D eigenvalue weighted by Gasteiger charge is 2.20. The van der Waals surface area contributed by atoms with Gasteiger partial charge in [0.15, 0.2) is 0 Å². The van der Waals surface area contributed by atoms with Crippen LogP contribution in [0.15, 0.2) is 6.07 Å². The van der Waals surface area contributed by atoms with E-state index in [1.807, 2.05) is 13.8 Å². The quantitative estimate of drug-likeness (QED) is 0.864. The maximum Gasteiger partial charge on any atom is 0.132 e. The molecule has 0 amide bonds. The Morgan fingerprint density at radius 3 is 2.94 bits per heavy atom. The second kappa shape index (κ2) is 5.45. The van der Waals surface area contributed by atoms with Crippen molar-refractivity contribution in [1.82, 2.24) is 15.3 Å². The minimum absolute atomic E-state index is 0.601. The number of nitrogens with zero attached hydrogens (tertiary/aromatic N) is 3. The molecule has 0 saturated carbocycles. The van der Waals surface area contributed by atoms with Crippen molar-refractivity contribution in [3.05, 3.63) is 17.6 Å². The Labute approximate surface area is 103 Å². The monoisotopic (exact) mass is 234 g/mol. The molecule has 1 aromatic rings. The van der Waals surface area contributed by atoms with Gasteiger partial charge in [-0.05, 0) is 33.2 Å². The number of anilines is 1. The summed E-state index contributed by atoms with van der Waals surface area (Å²) in [6, 6.07) is 2.69. The summed E-state index contributed by atoms with van der Waals surface area (Å²) in [5, 5.41) is 3.53. The largest absolute Gasteiger partial charge is 0.355 e. The molecule has 2 heterocycles. The number of hydrogen-bond donors (Lipinski definition) is 1. The van der Waals surface area contributed by atoms with Crippen LogP contribution in [0.5, 0.6) is 0 Å². The highest BCUT2D eigenvalue weighted by Crippen LogP contribution is 2.18. The van der Waals surface area contributed by atoms with E-state index in [-0.39, 0.29) is 0 Å². The molecule has 2 rings (SSSR count). The molecule has 94 valence electrons. The Balaban J connectivity index is 2.10. The van der Waals surface area contributed by atoms with E-state index in [1.165, 1.54) is 12.8 Å². The number of aryl methyl sites for hydroxylation is 2. The van der Waals surface area contributed by atoms with Crippen LogP contribution in [0.1, 0.15) is 31.3 Å². The summed E-state index contributed by atoms with van der Waals surface area (Å²) in [6.45, 7) is 9.37. The Kier molecular flexibility index (Phi) is 3.94. The van der Waals surface area contributed by atoms with Gasteiger partial charge in [0.05, 0.1) is 0 Å². The maximum absolute atomic E-state index is 4.54.